The number of carbonyl (C=O) groups is 4. The number of esters is 4. The highest BCUT2D eigenvalue weighted by molar-refractivity contribution is 7.47. The Morgan fingerprint density at radius 2 is 0.460 bits per heavy atom. The van der Waals surface area contributed by atoms with Crippen molar-refractivity contribution in [2.45, 2.75) is 445 Å². The van der Waals surface area contributed by atoms with E-state index in [4.69, 9.17) is 37.0 Å². The number of ether oxygens (including phenoxy) is 4. The molecule has 0 aliphatic carbocycles. The Labute approximate surface area is 613 Å². The van der Waals surface area contributed by atoms with E-state index >= 15 is 0 Å². The predicted octanol–water partition coefficient (Wildman–Crippen LogP) is 24.3. The lowest BCUT2D eigenvalue weighted by Crippen LogP contribution is -2.30. The first-order valence-corrected chi connectivity index (χ1v) is 45.0. The number of unbranched alkanes of at least 4 members (excludes halogenated alkanes) is 50. The van der Waals surface area contributed by atoms with E-state index < -0.39 is 97.5 Å². The van der Waals surface area contributed by atoms with Gasteiger partial charge in [-0.3, -0.25) is 37.3 Å². The molecular weight excluding hydrogens is 1310 g/mol. The molecule has 5 atom stereocenters. The van der Waals surface area contributed by atoms with Gasteiger partial charge < -0.3 is 33.8 Å². The molecule has 0 saturated carbocycles. The van der Waals surface area contributed by atoms with Gasteiger partial charge in [-0.2, -0.15) is 0 Å². The molecule has 0 heterocycles. The normalized spacial score (nSPS) is 13.9. The predicted molar refractivity (Wildman–Crippen MR) is 409 cm³/mol. The standard InChI is InChI=1S/C81H158O17P2/c1-7-9-11-13-15-17-19-20-21-22-23-26-29-33-40-46-52-58-64-79(84)92-70-76(97-80(85)65-59-53-47-41-34-30-27-24-25-28-32-37-43-49-55-61-73(3)4)71-95-99(87,88)93-67-75(82)68-94-100(89,90)96-72-77(69-91-78(83)63-57-51-45-39-31-18-16-14-12-10-8-2)98-81(86)66-60-54-48-42-36-35-38-44-50-56-62-74(5)6/h73-77,82H,7-72H2,1-6H3,(H,87,88)(H,89,90)/t75-,76-,77-/m1/s1. The van der Waals surface area contributed by atoms with Crippen LogP contribution in [-0.4, -0.2) is 96.7 Å². The minimum atomic E-state index is -4.96. The fraction of sp³-hybridized carbons (Fsp3) is 0.951. The topological polar surface area (TPSA) is 237 Å². The van der Waals surface area contributed by atoms with Crippen LogP contribution < -0.4 is 0 Å². The highest BCUT2D eigenvalue weighted by Gasteiger charge is 2.30. The van der Waals surface area contributed by atoms with E-state index in [-0.39, 0.29) is 25.7 Å². The summed E-state index contributed by atoms with van der Waals surface area (Å²) in [7, 11) is -9.92. The third kappa shape index (κ3) is 74.3. The Balaban J connectivity index is 5.24. The van der Waals surface area contributed by atoms with Crippen molar-refractivity contribution in [2.75, 3.05) is 39.6 Å². The summed E-state index contributed by atoms with van der Waals surface area (Å²) in [6, 6.07) is 0. The van der Waals surface area contributed by atoms with Gasteiger partial charge in [-0.1, -0.05) is 375 Å². The molecule has 17 nitrogen and oxygen atoms in total. The highest BCUT2D eigenvalue weighted by Crippen LogP contribution is 2.45. The first-order chi connectivity index (χ1) is 48.4. The summed E-state index contributed by atoms with van der Waals surface area (Å²) in [4.78, 5) is 73.0. The zero-order valence-electron chi connectivity index (χ0n) is 65.5. The van der Waals surface area contributed by atoms with Crippen LogP contribution in [0.25, 0.3) is 0 Å². The molecule has 0 rings (SSSR count). The molecule has 594 valence electrons. The van der Waals surface area contributed by atoms with E-state index in [0.717, 1.165) is 102 Å². The molecule has 0 aliphatic heterocycles. The SMILES string of the molecule is CCCCCCCCCCCCCCCCCCCCC(=O)OC[C@H](COP(=O)(O)OC[C@@H](O)COP(=O)(O)OC[C@@H](COC(=O)CCCCCCCCCCCCC)OC(=O)CCCCCCCCCCCCC(C)C)OC(=O)CCCCCCCCCCCCCCCCCC(C)C. The summed E-state index contributed by atoms with van der Waals surface area (Å²) in [5.41, 5.74) is 0. The zero-order valence-corrected chi connectivity index (χ0v) is 67.3. The lowest BCUT2D eigenvalue weighted by molar-refractivity contribution is -0.161. The Morgan fingerprint density at radius 1 is 0.270 bits per heavy atom. The molecule has 0 spiro atoms. The number of phosphoric acid groups is 2. The van der Waals surface area contributed by atoms with Crippen molar-refractivity contribution >= 4 is 39.5 Å². The van der Waals surface area contributed by atoms with Crippen molar-refractivity contribution in [3.63, 3.8) is 0 Å². The van der Waals surface area contributed by atoms with Gasteiger partial charge in [-0.25, -0.2) is 9.13 Å². The second-order valence-corrected chi connectivity index (χ2v) is 33.0. The number of rotatable bonds is 80. The smallest absolute Gasteiger partial charge is 0.462 e. The van der Waals surface area contributed by atoms with Gasteiger partial charge in [-0.15, -0.1) is 0 Å². The van der Waals surface area contributed by atoms with E-state index in [1.165, 1.54) is 244 Å². The van der Waals surface area contributed by atoms with Crippen LogP contribution in [0.15, 0.2) is 0 Å². The van der Waals surface area contributed by atoms with Crippen LogP contribution in [0, 0.1) is 11.8 Å². The largest absolute Gasteiger partial charge is 0.472 e. The van der Waals surface area contributed by atoms with Gasteiger partial charge in [-0.05, 0) is 37.5 Å². The summed E-state index contributed by atoms with van der Waals surface area (Å²) in [6.45, 7) is 9.65. The van der Waals surface area contributed by atoms with Gasteiger partial charge >= 0.3 is 39.5 Å². The second kappa shape index (κ2) is 72.6. The fourth-order valence-electron chi connectivity index (χ4n) is 12.5. The Morgan fingerprint density at radius 3 is 0.680 bits per heavy atom. The summed E-state index contributed by atoms with van der Waals surface area (Å²) in [6.07, 6.45) is 62.4. The summed E-state index contributed by atoms with van der Waals surface area (Å²) in [5.74, 6) is -0.553. The molecule has 0 amide bonds. The van der Waals surface area contributed by atoms with Crippen LogP contribution in [0.5, 0.6) is 0 Å². The van der Waals surface area contributed by atoms with Crippen molar-refractivity contribution < 1.29 is 80.2 Å². The maximum atomic E-state index is 13.1. The van der Waals surface area contributed by atoms with Crippen molar-refractivity contribution in [3.05, 3.63) is 0 Å². The molecule has 19 heteroatoms. The molecule has 0 fully saturated rings. The van der Waals surface area contributed by atoms with E-state index in [2.05, 4.69) is 41.5 Å². The number of aliphatic hydroxyl groups is 1. The van der Waals surface area contributed by atoms with Crippen molar-refractivity contribution in [1.82, 2.24) is 0 Å². The first-order valence-electron chi connectivity index (χ1n) is 42.0. The quantitative estimate of drug-likeness (QED) is 0.0222. The van der Waals surface area contributed by atoms with Crippen LogP contribution in [-0.2, 0) is 65.4 Å². The second-order valence-electron chi connectivity index (χ2n) is 30.1. The van der Waals surface area contributed by atoms with Gasteiger partial charge in [0.1, 0.15) is 19.3 Å². The molecule has 0 radical (unpaired) electrons. The third-order valence-electron chi connectivity index (χ3n) is 19.0. The maximum Gasteiger partial charge on any atom is 0.472 e. The summed E-state index contributed by atoms with van der Waals surface area (Å²) >= 11 is 0. The van der Waals surface area contributed by atoms with Gasteiger partial charge in [0, 0.05) is 25.7 Å². The molecule has 0 aromatic heterocycles. The van der Waals surface area contributed by atoms with Gasteiger partial charge in [0.2, 0.25) is 0 Å². The van der Waals surface area contributed by atoms with E-state index in [0.29, 0.717) is 25.7 Å². The minimum absolute atomic E-state index is 0.106. The molecule has 0 aromatic rings. The van der Waals surface area contributed by atoms with Crippen molar-refractivity contribution in [2.24, 2.45) is 11.8 Å². The maximum absolute atomic E-state index is 13.1. The highest BCUT2D eigenvalue weighted by atomic mass is 31.2. The van der Waals surface area contributed by atoms with Crippen molar-refractivity contribution in [1.29, 1.82) is 0 Å². The van der Waals surface area contributed by atoms with Gasteiger partial charge in [0.15, 0.2) is 12.2 Å². The number of carbonyl (C=O) groups excluding carboxylic acids is 4. The molecule has 2 unspecified atom stereocenters. The van der Waals surface area contributed by atoms with Crippen LogP contribution in [0.4, 0.5) is 0 Å². The lowest BCUT2D eigenvalue weighted by Gasteiger charge is -2.21. The molecule has 0 aliphatic rings. The third-order valence-corrected chi connectivity index (χ3v) is 20.9. The van der Waals surface area contributed by atoms with E-state index in [1.54, 1.807) is 0 Å². The molecule has 3 N–H and O–H groups in total. The summed E-state index contributed by atoms with van der Waals surface area (Å²) in [5, 5.41) is 10.6. The lowest BCUT2D eigenvalue weighted by atomic mass is 10.0. The molecule has 0 aromatic carbocycles. The Bertz CT molecular complexity index is 1920. The van der Waals surface area contributed by atoms with Gasteiger partial charge in [0.25, 0.3) is 0 Å². The Kier molecular flexibility index (Phi) is 71.2. The molecule has 0 saturated heterocycles. The van der Waals surface area contributed by atoms with Crippen LogP contribution in [0.3, 0.4) is 0 Å². The monoisotopic (exact) mass is 1470 g/mol. The molecular formula is C81H158O17P2. The van der Waals surface area contributed by atoms with Crippen LogP contribution in [0.1, 0.15) is 427 Å². The Hall–Kier alpha value is -1.94. The number of aliphatic hydroxyl groups excluding tert-OH is 1. The average Bonchev–Trinajstić information content (AvgIpc) is 1.14. The number of hydrogen-bond donors (Lipinski definition) is 3. The fourth-order valence-corrected chi connectivity index (χ4v) is 14.1. The van der Waals surface area contributed by atoms with E-state index in [9.17, 15) is 43.2 Å². The number of hydrogen-bond acceptors (Lipinski definition) is 15. The van der Waals surface area contributed by atoms with Crippen LogP contribution in [0.2, 0.25) is 0 Å². The molecule has 100 heavy (non-hydrogen) atoms. The summed E-state index contributed by atoms with van der Waals surface area (Å²) < 4.78 is 68.7. The first kappa shape index (κ1) is 98.1. The van der Waals surface area contributed by atoms with Crippen LogP contribution >= 0.6 is 15.6 Å². The van der Waals surface area contributed by atoms with E-state index in [1.807, 2.05) is 0 Å². The molecule has 0 bridgehead atoms. The minimum Gasteiger partial charge on any atom is -0.462 e. The number of phosphoric ester groups is 2. The zero-order chi connectivity index (χ0) is 73.5. The average molecular weight is 1470 g/mol. The van der Waals surface area contributed by atoms with Crippen molar-refractivity contribution in [3.8, 4) is 0 Å². The van der Waals surface area contributed by atoms with Gasteiger partial charge in [0.05, 0.1) is 26.4 Å².